The second-order valence-electron chi connectivity index (χ2n) is 5.97. The zero-order valence-electron chi connectivity index (χ0n) is 17.8. The number of nitrogens with one attached hydrogen (secondary N) is 2. The Hall–Kier alpha value is -0.0500. The Morgan fingerprint density at radius 1 is 0.629 bits per heavy atom. The molecule has 12 heteroatoms. The van der Waals surface area contributed by atoms with Crippen LogP contribution in [0.1, 0.15) is 14.9 Å². The average molecular weight is 596 g/mol. The van der Waals surface area contributed by atoms with Crippen molar-refractivity contribution in [3.8, 4) is 0 Å². The Balaban J connectivity index is 0. The van der Waals surface area contributed by atoms with Gasteiger partial charge in [-0.2, -0.15) is 0 Å². The van der Waals surface area contributed by atoms with Crippen molar-refractivity contribution in [3.05, 3.63) is 80.7 Å². The van der Waals surface area contributed by atoms with Gasteiger partial charge in [-0.15, -0.1) is 22.7 Å². The van der Waals surface area contributed by atoms with Crippen molar-refractivity contribution in [3.63, 3.8) is 0 Å². The molecule has 3 N–H and O–H groups in total. The van der Waals surface area contributed by atoms with Crippen LogP contribution in [0.2, 0.25) is 0 Å². The molecule has 35 heavy (non-hydrogen) atoms. The summed E-state index contributed by atoms with van der Waals surface area (Å²) in [6, 6.07) is 24.2. The van der Waals surface area contributed by atoms with Crippen LogP contribution in [0.15, 0.2) is 77.1 Å². The van der Waals surface area contributed by atoms with Crippen molar-refractivity contribution in [2.24, 2.45) is 0 Å². The van der Waals surface area contributed by atoms with Crippen LogP contribution in [0.3, 0.4) is 0 Å². The number of rotatable bonds is 0. The van der Waals surface area contributed by atoms with Gasteiger partial charge in [-0.3, -0.25) is 4.98 Å². The fourth-order valence-corrected chi connectivity index (χ4v) is 5.94. The van der Waals surface area contributed by atoms with E-state index in [9.17, 15) is 0 Å². The van der Waals surface area contributed by atoms with E-state index < -0.39 is 0 Å². The van der Waals surface area contributed by atoms with Crippen molar-refractivity contribution in [2.45, 2.75) is 19.2 Å². The average Bonchev–Trinajstić information content (AvgIpc) is 3.41. The number of hydrogen-bond donors (Lipinski definition) is 2. The van der Waals surface area contributed by atoms with Crippen LogP contribution in [-0.4, -0.2) is 20.4 Å². The van der Waals surface area contributed by atoms with E-state index in [0.29, 0.717) is 0 Å². The number of hydrogen-bond acceptors (Lipinski definition) is 8. The van der Waals surface area contributed by atoms with E-state index in [2.05, 4.69) is 27.1 Å². The topological polar surface area (TPSA) is 74.5 Å². The van der Waals surface area contributed by atoms with Gasteiger partial charge in [0.2, 0.25) is 0 Å². The summed E-state index contributed by atoms with van der Waals surface area (Å²) in [7, 11) is 0. The van der Waals surface area contributed by atoms with E-state index in [0.717, 1.165) is 28.8 Å². The van der Waals surface area contributed by atoms with Gasteiger partial charge in [-0.05, 0) is 63.8 Å². The molecule has 6 aromatic rings. The van der Waals surface area contributed by atoms with Gasteiger partial charge in [0.15, 0.2) is 7.91 Å². The Labute approximate surface area is 277 Å². The number of thiazole rings is 3. The minimum Gasteiger partial charge on any atom is -0.870 e. The summed E-state index contributed by atoms with van der Waals surface area (Å²) in [5.74, 6) is 0. The molecule has 0 bridgehead atoms. The maximum atomic E-state index is 4.98. The van der Waals surface area contributed by atoms with Gasteiger partial charge in [-0.1, -0.05) is 57.3 Å². The Bertz CT molecular complexity index is 1350. The Kier molecular flexibility index (Phi) is 19.3. The maximum absolute atomic E-state index is 4.98. The van der Waals surface area contributed by atoms with E-state index in [-0.39, 0.29) is 79.4 Å². The first-order valence-electron chi connectivity index (χ1n) is 8.77. The molecule has 3 heterocycles. The quantitative estimate of drug-likeness (QED) is 0.160. The molecule has 4 nitrogen and oxygen atoms in total. The predicted molar refractivity (Wildman–Crippen MR) is 155 cm³/mol. The van der Waals surface area contributed by atoms with Crippen LogP contribution in [0.5, 0.6) is 0 Å². The van der Waals surface area contributed by atoms with Crippen molar-refractivity contribution < 1.29 is 64.6 Å². The Morgan fingerprint density at radius 2 is 1.03 bits per heavy atom. The van der Waals surface area contributed by atoms with Gasteiger partial charge >= 0.3 is 59.1 Å². The van der Waals surface area contributed by atoms with Gasteiger partial charge < -0.3 is 39.4 Å². The summed E-state index contributed by atoms with van der Waals surface area (Å²) in [6.45, 7) is 0. The van der Waals surface area contributed by atoms with Crippen LogP contribution in [0, 0.1) is 7.91 Å². The summed E-state index contributed by atoms with van der Waals surface area (Å²) >= 11 is 19.7. The van der Waals surface area contributed by atoms with Crippen molar-refractivity contribution in [1.29, 1.82) is 0 Å². The summed E-state index contributed by atoms with van der Waals surface area (Å²) in [6.07, 6.45) is 0. The van der Waals surface area contributed by atoms with Gasteiger partial charge in [0.05, 0.1) is 25.9 Å². The molecular weight excluding hydrogens is 573 g/mol. The minimum atomic E-state index is 0. The molecule has 0 radical (unpaired) electrons. The standard InChI is InChI=1S/3C7H5NS2.2CH4.2Na.H2O/c3*9-7-8-5-3-1-2-4-6(5)10-7;;;;;/h3*1-4H,(H,8,9);2*1H4;;;1H2/q;;;;;2*+1;/p-2. The first-order chi connectivity index (χ1) is 14.6. The van der Waals surface area contributed by atoms with E-state index in [1.807, 2.05) is 60.7 Å². The van der Waals surface area contributed by atoms with Gasteiger partial charge in [0.1, 0.15) is 0 Å². The molecule has 0 aliphatic carbocycles. The van der Waals surface area contributed by atoms with E-state index in [1.165, 1.54) is 14.1 Å². The number of aromatic amines is 2. The van der Waals surface area contributed by atoms with Gasteiger partial charge in [0.25, 0.3) is 0 Å². The predicted octanol–water partition coefficient (Wildman–Crippen LogP) is 3.22. The molecular formula is C23H23N3Na2OS6. The first kappa shape index (κ1) is 37.1. The van der Waals surface area contributed by atoms with Crippen LogP contribution in [0.4, 0.5) is 0 Å². The SMILES string of the molecule is C.C.S=c1[nH]c2ccccc2s1.S=c1[nH]c2ccccc2s1.[Na+].[Na+].[OH-].[S-]c1nc2ccccc2s1. The maximum Gasteiger partial charge on any atom is 1.00 e. The molecule has 6 rings (SSSR count). The van der Waals surface area contributed by atoms with Crippen molar-refractivity contribution >= 4 is 102 Å². The smallest absolute Gasteiger partial charge is 0.870 e. The Morgan fingerprint density at radius 3 is 1.46 bits per heavy atom. The number of benzene rings is 3. The largest absolute Gasteiger partial charge is 1.00 e. The third-order valence-corrected chi connectivity index (χ3v) is 7.53. The summed E-state index contributed by atoms with van der Waals surface area (Å²) < 4.78 is 6.05. The van der Waals surface area contributed by atoms with Crippen LogP contribution in [0.25, 0.3) is 30.6 Å². The van der Waals surface area contributed by atoms with E-state index in [4.69, 9.17) is 37.1 Å². The van der Waals surface area contributed by atoms with Gasteiger partial charge in [-0.25, -0.2) is 0 Å². The number of aromatic nitrogens is 3. The zero-order valence-corrected chi connectivity index (χ0v) is 26.7. The summed E-state index contributed by atoms with van der Waals surface area (Å²) in [5.41, 5.74) is 3.28. The van der Waals surface area contributed by atoms with Crippen LogP contribution < -0.4 is 59.1 Å². The third-order valence-electron chi connectivity index (χ3n) is 3.93. The molecule has 0 saturated carbocycles. The number of H-pyrrole nitrogens is 2. The molecule has 0 aliphatic heterocycles. The van der Waals surface area contributed by atoms with Crippen LogP contribution in [-0.2, 0) is 12.6 Å². The first-order valence-corrected chi connectivity index (χ1v) is 12.4. The molecule has 0 amide bonds. The van der Waals surface area contributed by atoms with Crippen LogP contribution >= 0.6 is 58.4 Å². The zero-order chi connectivity index (χ0) is 20.9. The second kappa shape index (κ2) is 18.2. The molecule has 174 valence electrons. The number of nitrogens with zero attached hydrogens (tertiary/aromatic N) is 1. The van der Waals surface area contributed by atoms with Crippen molar-refractivity contribution in [1.82, 2.24) is 15.0 Å². The van der Waals surface area contributed by atoms with Gasteiger partial charge in [0, 0.05) is 0 Å². The van der Waals surface area contributed by atoms with Crippen molar-refractivity contribution in [2.75, 3.05) is 0 Å². The molecule has 0 saturated heterocycles. The third kappa shape index (κ3) is 10.7. The molecule has 0 spiro atoms. The molecule has 0 fully saturated rings. The fourth-order valence-electron chi connectivity index (χ4n) is 2.64. The minimum absolute atomic E-state index is 0. The monoisotopic (exact) mass is 595 g/mol. The van der Waals surface area contributed by atoms with E-state index >= 15 is 0 Å². The molecule has 0 atom stereocenters. The number of para-hydroxylation sites is 3. The molecule has 3 aromatic carbocycles. The molecule has 0 unspecified atom stereocenters. The normalized spacial score (nSPS) is 8.91. The molecule has 0 aliphatic rings. The second-order valence-corrected chi connectivity index (χ2v) is 11.1. The number of fused-ring (bicyclic) bond motifs is 3. The molecule has 3 aromatic heterocycles. The summed E-state index contributed by atoms with van der Waals surface area (Å²) in [4.78, 5) is 10.3. The fraction of sp³-hybridized carbons (Fsp3) is 0.0870. The van der Waals surface area contributed by atoms with E-state index in [1.54, 1.807) is 34.0 Å². The summed E-state index contributed by atoms with van der Waals surface area (Å²) in [5, 5.41) is 0.